The molecule has 4 bridgehead atoms. The second-order valence-corrected chi connectivity index (χ2v) is 8.98. The van der Waals surface area contributed by atoms with Crippen LogP contribution in [0.1, 0.15) is 46.0 Å². The summed E-state index contributed by atoms with van der Waals surface area (Å²) in [6.45, 7) is 3.56. The molecule has 1 aromatic carbocycles. The maximum Gasteiger partial charge on any atom is 0.309 e. The molecule has 140 valence electrons. The number of hydrogen-bond acceptors (Lipinski definition) is 3. The quantitative estimate of drug-likeness (QED) is 0.848. The monoisotopic (exact) mass is 357 g/mol. The molecule has 0 heterocycles. The molecule has 0 saturated heterocycles. The molecule has 4 aliphatic rings. The second kappa shape index (κ2) is 6.00. The van der Waals surface area contributed by atoms with Gasteiger partial charge < -0.3 is 15.2 Å². The number of carbonyl (C=O) groups is 2. The van der Waals surface area contributed by atoms with Gasteiger partial charge in [-0.2, -0.15) is 0 Å². The van der Waals surface area contributed by atoms with Crippen molar-refractivity contribution in [3.63, 3.8) is 0 Å². The summed E-state index contributed by atoms with van der Waals surface area (Å²) in [5, 5.41) is 13.0. The Kier molecular flexibility index (Phi) is 4.01. The van der Waals surface area contributed by atoms with E-state index in [9.17, 15) is 14.7 Å². The van der Waals surface area contributed by atoms with E-state index >= 15 is 0 Å². The Morgan fingerprint density at radius 1 is 1.12 bits per heavy atom. The number of carbonyl (C=O) groups excluding carboxylic acids is 1. The van der Waals surface area contributed by atoms with Crippen LogP contribution in [0.3, 0.4) is 0 Å². The smallest absolute Gasteiger partial charge is 0.309 e. The summed E-state index contributed by atoms with van der Waals surface area (Å²) in [7, 11) is 0. The molecular formula is C21H27NO4. The van der Waals surface area contributed by atoms with Crippen LogP contribution in [0.15, 0.2) is 30.3 Å². The van der Waals surface area contributed by atoms with E-state index in [-0.39, 0.29) is 23.8 Å². The van der Waals surface area contributed by atoms with Crippen LogP contribution in [0.25, 0.3) is 0 Å². The molecule has 5 rings (SSSR count). The number of ether oxygens (including phenoxy) is 1. The highest BCUT2D eigenvalue weighted by molar-refractivity contribution is 5.85. The van der Waals surface area contributed by atoms with Gasteiger partial charge in [-0.05, 0) is 75.8 Å². The van der Waals surface area contributed by atoms with Crippen LogP contribution < -0.4 is 10.1 Å². The van der Waals surface area contributed by atoms with Crippen molar-refractivity contribution in [3.05, 3.63) is 30.3 Å². The molecule has 1 aromatic rings. The molecule has 1 amide bonds. The molecule has 0 spiro atoms. The summed E-state index contributed by atoms with van der Waals surface area (Å²) in [6.07, 6.45) is 4.28. The van der Waals surface area contributed by atoms with Crippen molar-refractivity contribution in [1.82, 2.24) is 5.32 Å². The van der Waals surface area contributed by atoms with Gasteiger partial charge in [0.05, 0.1) is 5.41 Å². The van der Waals surface area contributed by atoms with Gasteiger partial charge >= 0.3 is 5.97 Å². The van der Waals surface area contributed by atoms with Gasteiger partial charge in [0, 0.05) is 6.04 Å². The van der Waals surface area contributed by atoms with Gasteiger partial charge in [0.1, 0.15) is 5.75 Å². The van der Waals surface area contributed by atoms with Gasteiger partial charge in [0.25, 0.3) is 5.91 Å². The third-order valence-corrected chi connectivity index (χ3v) is 6.69. The van der Waals surface area contributed by atoms with Crippen LogP contribution >= 0.6 is 0 Å². The van der Waals surface area contributed by atoms with Crippen molar-refractivity contribution in [2.45, 2.75) is 57.6 Å². The number of carboxylic acid groups (broad SMARTS) is 1. The van der Waals surface area contributed by atoms with E-state index in [1.54, 1.807) is 13.8 Å². The molecule has 0 aromatic heterocycles. The fourth-order valence-corrected chi connectivity index (χ4v) is 5.68. The minimum atomic E-state index is -0.972. The molecule has 2 unspecified atom stereocenters. The standard InChI is InChI=1S/C21H27NO4/c1-20(2,26-16-6-4-3-5-7-16)18(23)22-17-14-8-13-9-15(17)12-21(10-13,11-14)19(24)25/h3-7,13-15,17H,8-12H2,1-2H3,(H,22,23)(H,24,25). The zero-order valence-corrected chi connectivity index (χ0v) is 15.4. The number of aliphatic carboxylic acids is 1. The first kappa shape index (κ1) is 17.4. The highest BCUT2D eigenvalue weighted by Gasteiger charge is 2.59. The molecule has 26 heavy (non-hydrogen) atoms. The van der Waals surface area contributed by atoms with E-state index in [1.165, 1.54) is 0 Å². The van der Waals surface area contributed by atoms with Crippen LogP contribution in [0.5, 0.6) is 5.75 Å². The lowest BCUT2D eigenvalue weighted by Gasteiger charge is -2.58. The van der Waals surface area contributed by atoms with E-state index < -0.39 is 17.0 Å². The number of carboxylic acids is 1. The highest BCUT2D eigenvalue weighted by atomic mass is 16.5. The zero-order valence-electron chi connectivity index (χ0n) is 15.4. The molecule has 2 atom stereocenters. The second-order valence-electron chi connectivity index (χ2n) is 8.98. The summed E-state index contributed by atoms with van der Waals surface area (Å²) < 4.78 is 5.91. The Morgan fingerprint density at radius 2 is 1.73 bits per heavy atom. The minimum Gasteiger partial charge on any atom is -0.481 e. The maximum atomic E-state index is 12.9. The first-order chi connectivity index (χ1) is 12.3. The first-order valence-electron chi connectivity index (χ1n) is 9.57. The van der Waals surface area contributed by atoms with Gasteiger partial charge in [-0.15, -0.1) is 0 Å². The van der Waals surface area contributed by atoms with Crippen LogP contribution in [-0.2, 0) is 9.59 Å². The van der Waals surface area contributed by atoms with Crippen LogP contribution in [0.2, 0.25) is 0 Å². The normalized spacial score (nSPS) is 35.2. The van der Waals surface area contributed by atoms with Crippen molar-refractivity contribution in [3.8, 4) is 5.75 Å². The Balaban J connectivity index is 1.46. The predicted molar refractivity (Wildman–Crippen MR) is 96.7 cm³/mol. The van der Waals surface area contributed by atoms with E-state index in [0.29, 0.717) is 24.5 Å². The molecule has 5 nitrogen and oxygen atoms in total. The fraction of sp³-hybridized carbons (Fsp3) is 0.619. The van der Waals surface area contributed by atoms with E-state index in [4.69, 9.17) is 4.74 Å². The number of rotatable bonds is 5. The van der Waals surface area contributed by atoms with Crippen LogP contribution in [-0.4, -0.2) is 28.6 Å². The van der Waals surface area contributed by atoms with Crippen molar-refractivity contribution >= 4 is 11.9 Å². The molecule has 4 aliphatic carbocycles. The molecule has 0 aliphatic heterocycles. The van der Waals surface area contributed by atoms with E-state index in [2.05, 4.69) is 5.32 Å². The molecule has 0 radical (unpaired) electrons. The van der Waals surface area contributed by atoms with Gasteiger partial charge in [0.2, 0.25) is 0 Å². The lowest BCUT2D eigenvalue weighted by atomic mass is 9.48. The van der Waals surface area contributed by atoms with Crippen molar-refractivity contribution in [1.29, 1.82) is 0 Å². The van der Waals surface area contributed by atoms with Gasteiger partial charge in [-0.1, -0.05) is 18.2 Å². The number of benzene rings is 1. The molecule has 4 saturated carbocycles. The third kappa shape index (κ3) is 2.87. The fourth-order valence-electron chi connectivity index (χ4n) is 5.68. The number of hydrogen-bond donors (Lipinski definition) is 2. The summed E-state index contributed by atoms with van der Waals surface area (Å²) in [5.41, 5.74) is -1.52. The zero-order chi connectivity index (χ0) is 18.5. The summed E-state index contributed by atoms with van der Waals surface area (Å²) in [5.74, 6) is 0.952. The van der Waals surface area contributed by atoms with E-state index in [1.807, 2.05) is 30.3 Å². The Bertz CT molecular complexity index is 698. The highest BCUT2D eigenvalue weighted by Crippen LogP contribution is 2.60. The van der Waals surface area contributed by atoms with Crippen molar-refractivity contribution in [2.75, 3.05) is 0 Å². The average molecular weight is 357 g/mol. The molecule has 2 N–H and O–H groups in total. The van der Waals surface area contributed by atoms with Crippen LogP contribution in [0.4, 0.5) is 0 Å². The number of para-hydroxylation sites is 1. The van der Waals surface area contributed by atoms with E-state index in [0.717, 1.165) is 19.3 Å². The molecular weight excluding hydrogens is 330 g/mol. The summed E-state index contributed by atoms with van der Waals surface area (Å²) in [4.78, 5) is 24.8. The lowest BCUT2D eigenvalue weighted by molar-refractivity contribution is -0.168. The summed E-state index contributed by atoms with van der Waals surface area (Å²) >= 11 is 0. The molecule has 5 heteroatoms. The summed E-state index contributed by atoms with van der Waals surface area (Å²) in [6, 6.07) is 9.43. The van der Waals surface area contributed by atoms with Gasteiger partial charge in [0.15, 0.2) is 5.60 Å². The minimum absolute atomic E-state index is 0.0742. The largest absolute Gasteiger partial charge is 0.481 e. The first-order valence-corrected chi connectivity index (χ1v) is 9.57. The molecule has 4 fully saturated rings. The lowest BCUT2D eigenvalue weighted by Crippen LogP contribution is -2.63. The van der Waals surface area contributed by atoms with Gasteiger partial charge in [-0.3, -0.25) is 9.59 Å². The number of nitrogens with one attached hydrogen (secondary N) is 1. The SMILES string of the molecule is CC(C)(Oc1ccccc1)C(=O)NC1C2CC3CC1CC(C(=O)O)(C3)C2. The van der Waals surface area contributed by atoms with Crippen molar-refractivity contribution < 1.29 is 19.4 Å². The number of amides is 1. The third-order valence-electron chi connectivity index (χ3n) is 6.69. The predicted octanol–water partition coefficient (Wildman–Crippen LogP) is 3.24. The topological polar surface area (TPSA) is 75.6 Å². The Hall–Kier alpha value is -2.04. The van der Waals surface area contributed by atoms with Crippen LogP contribution in [0, 0.1) is 23.2 Å². The maximum absolute atomic E-state index is 12.9. The Morgan fingerprint density at radius 3 is 2.31 bits per heavy atom. The van der Waals surface area contributed by atoms with Gasteiger partial charge in [-0.25, -0.2) is 0 Å². The Labute approximate surface area is 154 Å². The van der Waals surface area contributed by atoms with Crippen molar-refractivity contribution in [2.24, 2.45) is 23.2 Å². The average Bonchev–Trinajstić information content (AvgIpc) is 2.57.